The first-order chi connectivity index (χ1) is 14.9. The summed E-state index contributed by atoms with van der Waals surface area (Å²) in [5.41, 5.74) is 0.0234. The van der Waals surface area contributed by atoms with Gasteiger partial charge in [0.1, 0.15) is 11.9 Å². The van der Waals surface area contributed by atoms with E-state index in [1.165, 1.54) is 24.7 Å². The van der Waals surface area contributed by atoms with Gasteiger partial charge in [-0.15, -0.1) is 0 Å². The molecule has 0 spiro atoms. The SMILES string of the molecule is CO[C@H](OC1CCCC1)[C@]1(O)CC[C@H]2[C@@H]3[C@H](C)CC4=CCCC[C@]4(C=O)[C@H]3CC[C@@]21C. The number of rotatable bonds is 5. The smallest absolute Gasteiger partial charge is 0.186 e. The lowest BCUT2D eigenvalue weighted by Gasteiger charge is -2.60. The average Bonchev–Trinajstić information content (AvgIpc) is 3.38. The minimum atomic E-state index is -0.948. The zero-order valence-corrected chi connectivity index (χ0v) is 19.8. The molecule has 4 fully saturated rings. The number of carbonyl (C=O) groups excluding carboxylic acids is 1. The van der Waals surface area contributed by atoms with Crippen LogP contribution in [0, 0.1) is 34.5 Å². The van der Waals surface area contributed by atoms with E-state index < -0.39 is 11.9 Å². The van der Waals surface area contributed by atoms with Crippen molar-refractivity contribution in [2.75, 3.05) is 7.11 Å². The molecule has 0 unspecified atom stereocenters. The molecule has 8 atom stereocenters. The Kier molecular flexibility index (Phi) is 5.67. The first kappa shape index (κ1) is 22.1. The van der Waals surface area contributed by atoms with E-state index in [2.05, 4.69) is 19.9 Å². The summed E-state index contributed by atoms with van der Waals surface area (Å²) < 4.78 is 12.3. The quantitative estimate of drug-likeness (QED) is 0.359. The predicted octanol–water partition coefficient (Wildman–Crippen LogP) is 5.43. The highest BCUT2D eigenvalue weighted by Gasteiger charge is 2.68. The fourth-order valence-corrected chi connectivity index (χ4v) is 9.01. The van der Waals surface area contributed by atoms with Crippen LogP contribution in [0.4, 0.5) is 0 Å². The second-order valence-corrected chi connectivity index (χ2v) is 11.8. The number of carbonyl (C=O) groups is 1. The van der Waals surface area contributed by atoms with Crippen molar-refractivity contribution in [3.05, 3.63) is 11.6 Å². The van der Waals surface area contributed by atoms with Crippen LogP contribution >= 0.6 is 0 Å². The van der Waals surface area contributed by atoms with Crippen LogP contribution in [0.2, 0.25) is 0 Å². The molecule has 4 nitrogen and oxygen atoms in total. The molecule has 5 aliphatic rings. The van der Waals surface area contributed by atoms with Gasteiger partial charge in [0.2, 0.25) is 0 Å². The molecule has 174 valence electrons. The minimum Gasteiger partial charge on any atom is -0.384 e. The second-order valence-electron chi connectivity index (χ2n) is 11.8. The molecule has 0 aromatic rings. The minimum absolute atomic E-state index is 0.217. The first-order valence-corrected chi connectivity index (χ1v) is 13.0. The summed E-state index contributed by atoms with van der Waals surface area (Å²) in [5, 5.41) is 12.2. The maximum atomic E-state index is 12.6. The summed E-state index contributed by atoms with van der Waals surface area (Å²) in [5.74, 6) is 1.91. The van der Waals surface area contributed by atoms with E-state index in [4.69, 9.17) is 9.47 Å². The Balaban J connectivity index is 1.46. The van der Waals surface area contributed by atoms with Crippen LogP contribution in [-0.4, -0.2) is 36.5 Å². The molecule has 5 rings (SSSR count). The third-order valence-electron chi connectivity index (χ3n) is 10.6. The molecule has 0 aromatic carbocycles. The van der Waals surface area contributed by atoms with E-state index in [9.17, 15) is 9.90 Å². The van der Waals surface area contributed by atoms with Gasteiger partial charge in [-0.2, -0.15) is 0 Å². The topological polar surface area (TPSA) is 55.8 Å². The number of methoxy groups -OCH3 is 1. The van der Waals surface area contributed by atoms with Gasteiger partial charge in [-0.3, -0.25) is 0 Å². The summed E-state index contributed by atoms with van der Waals surface area (Å²) in [6, 6.07) is 0. The van der Waals surface area contributed by atoms with Gasteiger partial charge in [0, 0.05) is 17.9 Å². The van der Waals surface area contributed by atoms with E-state index in [1.54, 1.807) is 7.11 Å². The fourth-order valence-electron chi connectivity index (χ4n) is 9.01. The molecule has 0 aliphatic heterocycles. The van der Waals surface area contributed by atoms with Gasteiger partial charge in [-0.05, 0) is 87.9 Å². The Bertz CT molecular complexity index is 727. The van der Waals surface area contributed by atoms with Gasteiger partial charge in [0.05, 0.1) is 6.10 Å². The fraction of sp³-hybridized carbons (Fsp3) is 0.889. The van der Waals surface area contributed by atoms with Crippen LogP contribution in [0.25, 0.3) is 0 Å². The van der Waals surface area contributed by atoms with Crippen molar-refractivity contribution >= 4 is 6.29 Å². The van der Waals surface area contributed by atoms with E-state index in [0.717, 1.165) is 64.2 Å². The molecular formula is C27H42O4. The lowest BCUT2D eigenvalue weighted by Crippen LogP contribution is -2.61. The molecular weight excluding hydrogens is 388 g/mol. The van der Waals surface area contributed by atoms with Crippen LogP contribution < -0.4 is 0 Å². The predicted molar refractivity (Wildman–Crippen MR) is 120 cm³/mol. The van der Waals surface area contributed by atoms with Crippen molar-refractivity contribution < 1.29 is 19.4 Å². The number of allylic oxidation sites excluding steroid dienone is 2. The third kappa shape index (κ3) is 3.07. The van der Waals surface area contributed by atoms with Crippen LogP contribution in [0.15, 0.2) is 11.6 Å². The van der Waals surface area contributed by atoms with Crippen LogP contribution in [0.5, 0.6) is 0 Å². The van der Waals surface area contributed by atoms with Crippen molar-refractivity contribution in [3.63, 3.8) is 0 Å². The lowest BCUT2D eigenvalue weighted by molar-refractivity contribution is -0.283. The number of fused-ring (bicyclic) bond motifs is 5. The standard InChI is InChI=1S/C27H42O4/c1-18-16-19-8-6-7-13-26(19,17-28)22-11-14-25(2)21(23(18)22)12-15-27(25,29)24(30-3)31-20-9-4-5-10-20/h8,17-18,20-24,29H,4-7,9-16H2,1-3H3/t18-,21+,22+,23+,24-,25+,26-,27-/m1/s1. The van der Waals surface area contributed by atoms with Crippen LogP contribution in [-0.2, 0) is 14.3 Å². The van der Waals surface area contributed by atoms with Crippen LogP contribution in [0.1, 0.15) is 90.9 Å². The van der Waals surface area contributed by atoms with E-state index in [1.807, 2.05) is 0 Å². The maximum absolute atomic E-state index is 12.6. The van der Waals surface area contributed by atoms with Crippen molar-refractivity contribution in [2.24, 2.45) is 34.5 Å². The average molecular weight is 431 g/mol. The number of ether oxygens (including phenoxy) is 2. The molecule has 0 heterocycles. The summed E-state index contributed by atoms with van der Waals surface area (Å²) in [6.45, 7) is 4.70. The molecule has 0 saturated heterocycles. The van der Waals surface area contributed by atoms with Crippen LogP contribution in [0.3, 0.4) is 0 Å². The monoisotopic (exact) mass is 430 g/mol. The first-order valence-electron chi connectivity index (χ1n) is 13.0. The van der Waals surface area contributed by atoms with Crippen molar-refractivity contribution in [1.29, 1.82) is 0 Å². The molecule has 0 radical (unpaired) electrons. The molecule has 4 heteroatoms. The maximum Gasteiger partial charge on any atom is 0.186 e. The third-order valence-corrected chi connectivity index (χ3v) is 10.6. The summed E-state index contributed by atoms with van der Waals surface area (Å²) in [7, 11) is 1.70. The highest BCUT2D eigenvalue weighted by Crippen LogP contribution is 2.69. The number of aliphatic hydroxyl groups is 1. The summed E-state index contributed by atoms with van der Waals surface area (Å²) >= 11 is 0. The summed E-state index contributed by atoms with van der Waals surface area (Å²) in [6.07, 6.45) is 16.0. The van der Waals surface area contributed by atoms with E-state index in [-0.39, 0.29) is 16.9 Å². The molecule has 5 aliphatic carbocycles. The van der Waals surface area contributed by atoms with Gasteiger partial charge in [0.25, 0.3) is 0 Å². The molecule has 31 heavy (non-hydrogen) atoms. The van der Waals surface area contributed by atoms with E-state index >= 15 is 0 Å². The lowest BCUT2D eigenvalue weighted by atomic mass is 9.44. The Morgan fingerprint density at radius 3 is 2.55 bits per heavy atom. The Hall–Kier alpha value is -0.710. The van der Waals surface area contributed by atoms with Gasteiger partial charge in [-0.1, -0.05) is 38.3 Å². The molecule has 0 aromatic heterocycles. The Morgan fingerprint density at radius 2 is 1.84 bits per heavy atom. The molecule has 0 bridgehead atoms. The van der Waals surface area contributed by atoms with Gasteiger partial charge >= 0.3 is 0 Å². The second kappa shape index (κ2) is 7.95. The molecule has 0 amide bonds. The highest BCUT2D eigenvalue weighted by atomic mass is 16.7. The number of hydrogen-bond donors (Lipinski definition) is 1. The zero-order valence-electron chi connectivity index (χ0n) is 19.8. The zero-order chi connectivity index (χ0) is 21.9. The van der Waals surface area contributed by atoms with Gasteiger partial charge in [-0.25, -0.2) is 0 Å². The van der Waals surface area contributed by atoms with Gasteiger partial charge in [0.15, 0.2) is 6.29 Å². The number of hydrogen-bond acceptors (Lipinski definition) is 4. The Labute approximate surface area is 188 Å². The van der Waals surface area contributed by atoms with Crippen molar-refractivity contribution in [1.82, 2.24) is 0 Å². The number of aldehydes is 1. The Morgan fingerprint density at radius 1 is 1.10 bits per heavy atom. The van der Waals surface area contributed by atoms with Gasteiger partial charge < -0.3 is 19.4 Å². The molecule has 1 N–H and O–H groups in total. The van der Waals surface area contributed by atoms with Crippen molar-refractivity contribution in [2.45, 2.75) is 109 Å². The summed E-state index contributed by atoms with van der Waals surface area (Å²) in [4.78, 5) is 12.6. The van der Waals surface area contributed by atoms with Crippen molar-refractivity contribution in [3.8, 4) is 0 Å². The highest BCUT2D eigenvalue weighted by molar-refractivity contribution is 5.67. The largest absolute Gasteiger partial charge is 0.384 e. The van der Waals surface area contributed by atoms with E-state index in [0.29, 0.717) is 23.7 Å². The molecule has 4 saturated carbocycles. The normalized spacial score (nSPS) is 48.5.